The summed E-state index contributed by atoms with van der Waals surface area (Å²) in [5.41, 5.74) is 11.0. The Hall–Kier alpha value is -2.87. The standard InChI is InChI=1S/C49H70N6O5/c1-31(2)42-12-9-37(34-15-18-56-26-34)45(50-42)24-54-19-35(20-54)59-49-30-58-28-41(49)39-11-14-44(33(5)6)52-47(39)25-55-21-36(22-55)60-48-29-57-27-40(48)38-10-13-43(32(3)4)51-46(38)23-53-16-7-8-17-53/h9-14,31-36,40-41,48-49H,7-8,15-30H2,1-6H3/t34-,40+,41?,48?,49?/m0/s1. The van der Waals surface area contributed by atoms with Gasteiger partial charge in [0.05, 0.1) is 74.5 Å². The summed E-state index contributed by atoms with van der Waals surface area (Å²) in [4.78, 5) is 23.2. The maximum atomic E-state index is 6.87. The summed E-state index contributed by atoms with van der Waals surface area (Å²) in [5, 5.41) is 0. The van der Waals surface area contributed by atoms with E-state index in [2.05, 4.69) is 92.6 Å². The van der Waals surface area contributed by atoms with Gasteiger partial charge in [0.2, 0.25) is 0 Å². The fourth-order valence-corrected chi connectivity index (χ4v) is 10.2. The number of aromatic nitrogens is 3. The Morgan fingerprint density at radius 3 is 1.40 bits per heavy atom. The summed E-state index contributed by atoms with van der Waals surface area (Å²) in [7, 11) is 0. The first-order valence-electron chi connectivity index (χ1n) is 23.4. The van der Waals surface area contributed by atoms with Crippen LogP contribution in [0, 0.1) is 0 Å². The zero-order chi connectivity index (χ0) is 41.3. The number of rotatable bonds is 16. The van der Waals surface area contributed by atoms with E-state index in [9.17, 15) is 0 Å². The van der Waals surface area contributed by atoms with Crippen molar-refractivity contribution < 1.29 is 23.7 Å². The maximum absolute atomic E-state index is 6.87. The van der Waals surface area contributed by atoms with Crippen molar-refractivity contribution in [1.29, 1.82) is 0 Å². The number of hydrogen-bond donors (Lipinski definition) is 0. The molecule has 11 heteroatoms. The van der Waals surface area contributed by atoms with Crippen LogP contribution < -0.4 is 0 Å². The topological polar surface area (TPSA) is 94.5 Å². The van der Waals surface area contributed by atoms with E-state index in [0.29, 0.717) is 50.1 Å². The van der Waals surface area contributed by atoms with Gasteiger partial charge in [-0.2, -0.15) is 0 Å². The lowest BCUT2D eigenvalue weighted by atomic mass is 9.92. The van der Waals surface area contributed by atoms with Crippen molar-refractivity contribution in [2.24, 2.45) is 0 Å². The minimum absolute atomic E-state index is 0.0161. The third-order valence-electron chi connectivity index (χ3n) is 14.0. The van der Waals surface area contributed by atoms with Gasteiger partial charge in [0.15, 0.2) is 0 Å². The zero-order valence-corrected chi connectivity index (χ0v) is 37.2. The summed E-state index contributed by atoms with van der Waals surface area (Å²) in [6.45, 7) is 26.1. The van der Waals surface area contributed by atoms with Crippen LogP contribution in [0.15, 0.2) is 36.4 Å². The van der Waals surface area contributed by atoms with Crippen molar-refractivity contribution >= 4 is 0 Å². The molecule has 6 aliphatic rings. The molecular formula is C49H70N6O5. The molecule has 60 heavy (non-hydrogen) atoms. The lowest BCUT2D eigenvalue weighted by Crippen LogP contribution is -2.53. The Bertz CT molecular complexity index is 1900. The molecule has 0 bridgehead atoms. The van der Waals surface area contributed by atoms with Crippen LogP contribution in [0.5, 0.6) is 0 Å². The van der Waals surface area contributed by atoms with E-state index in [1.54, 1.807) is 0 Å². The predicted octanol–water partition coefficient (Wildman–Crippen LogP) is 7.11. The Morgan fingerprint density at radius 2 is 0.967 bits per heavy atom. The van der Waals surface area contributed by atoms with E-state index >= 15 is 0 Å². The number of pyridine rings is 3. The molecule has 0 spiro atoms. The highest BCUT2D eigenvalue weighted by Gasteiger charge is 2.41. The minimum Gasteiger partial charge on any atom is -0.381 e. The molecule has 3 unspecified atom stereocenters. The molecule has 0 radical (unpaired) electrons. The van der Waals surface area contributed by atoms with Crippen molar-refractivity contribution in [1.82, 2.24) is 29.7 Å². The number of nitrogens with zero attached hydrogens (tertiary/aromatic N) is 6. The third kappa shape index (κ3) is 9.54. The molecule has 326 valence electrons. The van der Waals surface area contributed by atoms with Gasteiger partial charge in [0.25, 0.3) is 0 Å². The monoisotopic (exact) mass is 823 g/mol. The van der Waals surface area contributed by atoms with Crippen LogP contribution in [0.4, 0.5) is 0 Å². The average Bonchev–Trinajstić information content (AvgIpc) is 4.06. The molecule has 5 atom stereocenters. The smallest absolute Gasteiger partial charge is 0.0904 e. The SMILES string of the molecule is CC(C)c1ccc(C2COCC2OC2CN(Cc3nc(C(C)C)ccc3[C@H]3CCOC3)C2)c(CN2CC(OC3COC[C@@H]3c3ccc(C(C)C)nc3CN3CCCC3)C2)n1. The van der Waals surface area contributed by atoms with Crippen molar-refractivity contribution in [2.75, 3.05) is 78.9 Å². The van der Waals surface area contributed by atoms with Gasteiger partial charge in [0.1, 0.15) is 0 Å². The molecule has 0 saturated carbocycles. The largest absolute Gasteiger partial charge is 0.381 e. The van der Waals surface area contributed by atoms with E-state index < -0.39 is 0 Å². The summed E-state index contributed by atoms with van der Waals surface area (Å²) in [6.07, 6.45) is 4.06. The van der Waals surface area contributed by atoms with Crippen LogP contribution in [0.1, 0.15) is 147 Å². The normalized spacial score (nSPS) is 27.2. The van der Waals surface area contributed by atoms with E-state index in [1.165, 1.54) is 52.3 Å². The van der Waals surface area contributed by atoms with Crippen LogP contribution in [0.2, 0.25) is 0 Å². The van der Waals surface area contributed by atoms with Gasteiger partial charge >= 0.3 is 0 Å². The highest BCUT2D eigenvalue weighted by Crippen LogP contribution is 2.37. The highest BCUT2D eigenvalue weighted by molar-refractivity contribution is 5.32. The quantitative estimate of drug-likeness (QED) is 0.148. The molecule has 0 aromatic carbocycles. The van der Waals surface area contributed by atoms with Crippen LogP contribution in [0.25, 0.3) is 0 Å². The number of likely N-dealkylation sites (tertiary alicyclic amines) is 3. The van der Waals surface area contributed by atoms with Crippen molar-refractivity contribution in [3.63, 3.8) is 0 Å². The van der Waals surface area contributed by atoms with Crippen molar-refractivity contribution in [2.45, 2.75) is 140 Å². The molecule has 3 aromatic rings. The maximum Gasteiger partial charge on any atom is 0.0904 e. The molecule has 11 nitrogen and oxygen atoms in total. The Labute approximate surface area is 358 Å². The fraction of sp³-hybridized carbons (Fsp3) is 0.694. The molecule has 0 aliphatic carbocycles. The van der Waals surface area contributed by atoms with Gasteiger partial charge in [0, 0.05) is 87.3 Å². The second-order valence-corrected chi connectivity index (χ2v) is 19.6. The van der Waals surface area contributed by atoms with Crippen LogP contribution >= 0.6 is 0 Å². The Morgan fingerprint density at radius 1 is 0.533 bits per heavy atom. The van der Waals surface area contributed by atoms with Crippen LogP contribution in [0.3, 0.4) is 0 Å². The zero-order valence-electron chi connectivity index (χ0n) is 37.2. The highest BCUT2D eigenvalue weighted by atomic mass is 16.6. The van der Waals surface area contributed by atoms with E-state index in [1.807, 2.05) is 0 Å². The van der Waals surface area contributed by atoms with Crippen molar-refractivity contribution in [3.8, 4) is 0 Å². The van der Waals surface area contributed by atoms with Gasteiger partial charge in [-0.25, -0.2) is 0 Å². The number of ether oxygens (including phenoxy) is 5. The summed E-state index contributed by atoms with van der Waals surface area (Å²) in [6, 6.07) is 13.6. The van der Waals surface area contributed by atoms with Crippen molar-refractivity contribution in [3.05, 3.63) is 87.3 Å². The lowest BCUT2D eigenvalue weighted by molar-refractivity contribution is -0.100. The van der Waals surface area contributed by atoms with Crippen LogP contribution in [-0.4, -0.2) is 133 Å². The Balaban J connectivity index is 0.816. The van der Waals surface area contributed by atoms with Gasteiger partial charge < -0.3 is 23.7 Å². The molecule has 6 saturated heterocycles. The molecule has 6 fully saturated rings. The second kappa shape index (κ2) is 18.9. The molecule has 0 amide bonds. The summed E-state index contributed by atoms with van der Waals surface area (Å²) >= 11 is 0. The fourth-order valence-electron chi connectivity index (χ4n) is 10.2. The first-order chi connectivity index (χ1) is 29.1. The van der Waals surface area contributed by atoms with Gasteiger partial charge in [-0.1, -0.05) is 59.7 Å². The minimum atomic E-state index is 0.0161. The third-order valence-corrected chi connectivity index (χ3v) is 14.0. The lowest BCUT2D eigenvalue weighted by Gasteiger charge is -2.42. The first-order valence-corrected chi connectivity index (χ1v) is 23.4. The van der Waals surface area contributed by atoms with E-state index in [4.69, 9.17) is 38.6 Å². The molecule has 9 rings (SSSR count). The van der Waals surface area contributed by atoms with E-state index in [0.717, 1.165) is 89.9 Å². The van der Waals surface area contributed by atoms with Gasteiger partial charge in [-0.15, -0.1) is 0 Å². The second-order valence-electron chi connectivity index (χ2n) is 19.6. The summed E-state index contributed by atoms with van der Waals surface area (Å²) in [5.74, 6) is 1.98. The Kier molecular flexibility index (Phi) is 13.3. The molecule has 6 aliphatic heterocycles. The van der Waals surface area contributed by atoms with Gasteiger partial charge in [-0.05, 0) is 85.0 Å². The summed E-state index contributed by atoms with van der Waals surface area (Å²) < 4.78 is 31.8. The predicted molar refractivity (Wildman–Crippen MR) is 233 cm³/mol. The molecule has 3 aromatic heterocycles. The molecule has 9 heterocycles. The number of hydrogen-bond acceptors (Lipinski definition) is 11. The molecule has 0 N–H and O–H groups in total. The van der Waals surface area contributed by atoms with Gasteiger partial charge in [-0.3, -0.25) is 29.7 Å². The molecular weight excluding hydrogens is 753 g/mol. The van der Waals surface area contributed by atoms with Crippen LogP contribution in [-0.2, 0) is 43.3 Å². The average molecular weight is 823 g/mol. The van der Waals surface area contributed by atoms with E-state index in [-0.39, 0.29) is 36.3 Å². The first kappa shape index (κ1) is 42.4.